The van der Waals surface area contributed by atoms with Crippen LogP contribution in [0.15, 0.2) is 0 Å². The van der Waals surface area contributed by atoms with E-state index >= 15 is 0 Å². The van der Waals surface area contributed by atoms with E-state index in [1.54, 1.807) is 0 Å². The molecule has 0 aliphatic rings. The normalized spacial score (nSPS) is 9.20. The van der Waals surface area contributed by atoms with Gasteiger partial charge in [-0.25, -0.2) is 0 Å². The van der Waals surface area contributed by atoms with E-state index in [0.717, 1.165) is 5.39 Å². The quantitative estimate of drug-likeness (QED) is 0.511. The van der Waals surface area contributed by atoms with Crippen LogP contribution < -0.4 is 0 Å². The molecule has 5 heavy (non-hydrogen) atoms. The first-order valence-electron chi connectivity index (χ1n) is 1.55. The summed E-state index contributed by atoms with van der Waals surface area (Å²) in [4.78, 5) is 0. The van der Waals surface area contributed by atoms with Crippen molar-refractivity contribution in [3.05, 3.63) is 0 Å². The molecule has 0 aliphatic heterocycles. The molecule has 0 N–H and O–H groups in total. The average molecular weight is 137 g/mol. The predicted molar refractivity (Wildman–Crippen MR) is 21.0 cm³/mol. The fraction of sp³-hybridized carbons (Fsp3) is 1.00. The zero-order valence-electron chi connectivity index (χ0n) is 3.11. The summed E-state index contributed by atoms with van der Waals surface area (Å²) in [5.41, 5.74) is 0. The molecule has 0 amide bonds. The molecular weight excluding hydrogens is 130 g/mol. The summed E-state index contributed by atoms with van der Waals surface area (Å²) >= 11 is 1.23. The van der Waals surface area contributed by atoms with E-state index in [4.69, 9.17) is 10.2 Å². The summed E-state index contributed by atoms with van der Waals surface area (Å²) in [7, 11) is 5.24. The van der Waals surface area contributed by atoms with E-state index in [1.165, 1.54) is 20.0 Å². The minimum absolute atomic E-state index is 1.09. The second-order valence-corrected chi connectivity index (χ2v) is 2.20. The van der Waals surface area contributed by atoms with Crippen molar-refractivity contribution in [1.82, 2.24) is 0 Å². The van der Waals surface area contributed by atoms with Crippen molar-refractivity contribution in [3.63, 3.8) is 0 Å². The molecule has 0 atom stereocenters. The van der Waals surface area contributed by atoms with Crippen molar-refractivity contribution in [1.29, 1.82) is 0 Å². The van der Waals surface area contributed by atoms with Crippen LogP contribution in [0.1, 0.15) is 13.3 Å². The molecule has 0 radical (unpaired) electrons. The number of hydrogen-bond donors (Lipinski definition) is 0. The Morgan fingerprint density at radius 1 is 1.80 bits per heavy atom. The van der Waals surface area contributed by atoms with Gasteiger partial charge in [0.05, 0.1) is 0 Å². The van der Waals surface area contributed by atoms with Gasteiger partial charge in [-0.05, 0) is 0 Å². The first-order chi connectivity index (χ1) is 2.41. The fourth-order valence-corrected chi connectivity index (χ4v) is 0.739. The summed E-state index contributed by atoms with van der Waals surface area (Å²) in [5.74, 6) is 0. The van der Waals surface area contributed by atoms with Crippen LogP contribution in [0, 0.1) is 0 Å². The third-order valence-corrected chi connectivity index (χ3v) is 1.39. The summed E-state index contributed by atoms with van der Waals surface area (Å²) < 4.78 is 0. The average Bonchev–Trinajstić information content (AvgIpc) is 1.41. The zero-order valence-corrected chi connectivity index (χ0v) is 4.85. The predicted octanol–water partition coefficient (Wildman–Crippen LogP) is 2.05. The van der Waals surface area contributed by atoms with Gasteiger partial charge in [-0.1, -0.05) is 0 Å². The van der Waals surface area contributed by atoms with Crippen LogP contribution in [0.25, 0.3) is 0 Å². The number of rotatable bonds is 2. The van der Waals surface area contributed by atoms with E-state index in [2.05, 4.69) is 6.92 Å². The SMILES string of the molecule is CC[CH2][Ni][Cl]. The first-order valence-corrected chi connectivity index (χ1v) is 3.61. The van der Waals surface area contributed by atoms with E-state index in [9.17, 15) is 0 Å². The molecule has 2 heteroatoms. The molecule has 0 rings (SSSR count). The Morgan fingerprint density at radius 2 is 2.40 bits per heavy atom. The molecule has 36 valence electrons. The second-order valence-electron chi connectivity index (χ2n) is 0.743. The van der Waals surface area contributed by atoms with Crippen molar-refractivity contribution >= 4 is 10.2 Å². The van der Waals surface area contributed by atoms with E-state index in [0.29, 0.717) is 0 Å². The first kappa shape index (κ1) is 5.78. The zero-order chi connectivity index (χ0) is 4.12. The van der Waals surface area contributed by atoms with Crippen molar-refractivity contribution in [2.24, 2.45) is 0 Å². The molecule has 0 bridgehead atoms. The Hall–Kier alpha value is 0.784. The summed E-state index contributed by atoms with van der Waals surface area (Å²) in [6, 6.07) is 0. The Labute approximate surface area is 43.0 Å². The topological polar surface area (TPSA) is 0 Å². The van der Waals surface area contributed by atoms with Gasteiger partial charge in [0.2, 0.25) is 0 Å². The van der Waals surface area contributed by atoms with Crippen LogP contribution in [0.3, 0.4) is 0 Å². The van der Waals surface area contributed by atoms with E-state index in [1.807, 2.05) is 0 Å². The molecule has 0 fully saturated rings. The molecule has 0 unspecified atom stereocenters. The molecule has 0 saturated carbocycles. The second kappa shape index (κ2) is 4.78. The van der Waals surface area contributed by atoms with Crippen molar-refractivity contribution in [2.75, 3.05) is 0 Å². The van der Waals surface area contributed by atoms with Crippen molar-refractivity contribution in [2.45, 2.75) is 18.7 Å². The van der Waals surface area contributed by atoms with Crippen LogP contribution in [0.2, 0.25) is 5.39 Å². The molecule has 0 aromatic carbocycles. The van der Waals surface area contributed by atoms with Gasteiger partial charge in [0.15, 0.2) is 0 Å². The van der Waals surface area contributed by atoms with Gasteiger partial charge in [0.1, 0.15) is 0 Å². The maximum atomic E-state index is 5.24. The van der Waals surface area contributed by atoms with Gasteiger partial charge in [0, 0.05) is 0 Å². The van der Waals surface area contributed by atoms with Crippen LogP contribution in [0.5, 0.6) is 0 Å². The minimum atomic E-state index is 1.09. The Balaban J connectivity index is 2.19. The van der Waals surface area contributed by atoms with Gasteiger partial charge < -0.3 is 0 Å². The monoisotopic (exact) mass is 136 g/mol. The van der Waals surface area contributed by atoms with E-state index < -0.39 is 0 Å². The Bertz CT molecular complexity index is 14.4. The summed E-state index contributed by atoms with van der Waals surface area (Å²) in [6.45, 7) is 2.11. The number of halogens is 1. The van der Waals surface area contributed by atoms with E-state index in [-0.39, 0.29) is 0 Å². The van der Waals surface area contributed by atoms with Crippen LogP contribution in [0.4, 0.5) is 0 Å². The molecule has 0 nitrogen and oxygen atoms in total. The standard InChI is InChI=1S/C3H7.ClH.Ni/c1-3-2;;/h1,3H2,2H3;1H;/q;;+1/p-1. The van der Waals surface area contributed by atoms with Gasteiger partial charge in [-0.3, -0.25) is 0 Å². The molecule has 0 saturated heterocycles. The third kappa shape index (κ3) is 4.78. The summed E-state index contributed by atoms with van der Waals surface area (Å²) in [6.07, 6.45) is 1.18. The van der Waals surface area contributed by atoms with Gasteiger partial charge in [-0.15, -0.1) is 0 Å². The third-order valence-electron chi connectivity index (χ3n) is 0.218. The molecule has 0 spiro atoms. The van der Waals surface area contributed by atoms with Gasteiger partial charge in [0.25, 0.3) is 0 Å². The molecular formula is C3H7ClNi. The Morgan fingerprint density at radius 3 is 2.40 bits per heavy atom. The molecule has 0 heterocycles. The Kier molecular flexibility index (Phi) is 5.53. The maximum absolute atomic E-state index is 5.24. The van der Waals surface area contributed by atoms with Gasteiger partial charge in [-0.2, -0.15) is 0 Å². The molecule has 0 aromatic rings. The van der Waals surface area contributed by atoms with Crippen LogP contribution in [-0.4, -0.2) is 0 Å². The summed E-state index contributed by atoms with van der Waals surface area (Å²) in [5, 5.41) is 1.09. The van der Waals surface area contributed by atoms with Gasteiger partial charge >= 0.3 is 42.5 Å². The molecule has 0 aliphatic carbocycles. The van der Waals surface area contributed by atoms with Crippen molar-refractivity contribution in [3.8, 4) is 0 Å². The number of hydrogen-bond acceptors (Lipinski definition) is 0. The van der Waals surface area contributed by atoms with Crippen LogP contribution in [-0.2, 0) is 13.5 Å². The van der Waals surface area contributed by atoms with Crippen molar-refractivity contribution < 1.29 is 13.5 Å². The van der Waals surface area contributed by atoms with Crippen LogP contribution >= 0.6 is 10.2 Å². The fourth-order valence-electron chi connectivity index (χ4n) is 0.0598. The molecule has 0 aromatic heterocycles.